The van der Waals surface area contributed by atoms with Crippen LogP contribution < -0.4 is 10.9 Å². The van der Waals surface area contributed by atoms with Crippen LogP contribution in [0, 0.1) is 12.7 Å². The van der Waals surface area contributed by atoms with E-state index in [1.54, 1.807) is 24.5 Å². The summed E-state index contributed by atoms with van der Waals surface area (Å²) in [4.78, 5) is 29.3. The molecular formula is C24H20ClFN6O. The number of benzene rings is 2. The van der Waals surface area contributed by atoms with Crippen LogP contribution in [0.1, 0.15) is 30.6 Å². The van der Waals surface area contributed by atoms with Gasteiger partial charge in [0, 0.05) is 10.7 Å². The molecule has 0 amide bonds. The second kappa shape index (κ2) is 8.29. The topological polar surface area (TPSA) is 88.5 Å². The van der Waals surface area contributed by atoms with Crippen LogP contribution in [0.25, 0.3) is 27.6 Å². The van der Waals surface area contributed by atoms with Gasteiger partial charge >= 0.3 is 0 Å². The number of hydrogen-bond donors (Lipinski definition) is 2. The molecule has 0 saturated heterocycles. The van der Waals surface area contributed by atoms with E-state index >= 15 is 0 Å². The number of nitrogens with one attached hydrogen (secondary N) is 2. The summed E-state index contributed by atoms with van der Waals surface area (Å²) in [6.07, 6.45) is 3.61. The highest BCUT2D eigenvalue weighted by molar-refractivity contribution is 6.31. The number of fused-ring (bicyclic) bond motifs is 2. The van der Waals surface area contributed by atoms with E-state index in [1.165, 1.54) is 17.0 Å². The Morgan fingerprint density at radius 1 is 1.18 bits per heavy atom. The smallest absolute Gasteiger partial charge is 0.266 e. The highest BCUT2D eigenvalue weighted by Gasteiger charge is 2.21. The lowest BCUT2D eigenvalue weighted by molar-refractivity contribution is 0.635. The Hall–Kier alpha value is -3.78. The number of H-pyrrole nitrogens is 1. The zero-order valence-electron chi connectivity index (χ0n) is 17.9. The van der Waals surface area contributed by atoms with Crippen LogP contribution >= 0.6 is 11.6 Å². The van der Waals surface area contributed by atoms with Crippen LogP contribution in [-0.2, 0) is 0 Å². The molecule has 2 aromatic carbocycles. The maximum Gasteiger partial charge on any atom is 0.266 e. The number of imidazole rings is 1. The fourth-order valence-electron chi connectivity index (χ4n) is 4.01. The Balaban J connectivity index is 1.75. The molecular weight excluding hydrogens is 443 g/mol. The van der Waals surface area contributed by atoms with Gasteiger partial charge in [0.2, 0.25) is 0 Å². The summed E-state index contributed by atoms with van der Waals surface area (Å²) in [5, 5.41) is 4.49. The molecule has 7 nitrogen and oxygen atoms in total. The maximum atomic E-state index is 14.7. The molecule has 1 unspecified atom stereocenters. The van der Waals surface area contributed by atoms with E-state index in [9.17, 15) is 9.18 Å². The van der Waals surface area contributed by atoms with Gasteiger partial charge in [-0.25, -0.2) is 19.3 Å². The van der Waals surface area contributed by atoms with Crippen LogP contribution in [0.3, 0.4) is 0 Å². The monoisotopic (exact) mass is 462 g/mol. The summed E-state index contributed by atoms with van der Waals surface area (Å²) in [6.45, 7) is 3.88. The largest absolute Gasteiger partial charge is 0.360 e. The summed E-state index contributed by atoms with van der Waals surface area (Å²) in [6, 6.07) is 11.5. The quantitative estimate of drug-likeness (QED) is 0.369. The Morgan fingerprint density at radius 2 is 2.03 bits per heavy atom. The second-order valence-corrected chi connectivity index (χ2v) is 8.18. The van der Waals surface area contributed by atoms with Gasteiger partial charge in [-0.2, -0.15) is 0 Å². The van der Waals surface area contributed by atoms with Gasteiger partial charge in [-0.1, -0.05) is 36.7 Å². The van der Waals surface area contributed by atoms with E-state index in [1.807, 2.05) is 32.0 Å². The number of aromatic amines is 1. The number of aryl methyl sites for hydroxylation is 1. The third-order valence-corrected chi connectivity index (χ3v) is 6.14. The normalized spacial score (nSPS) is 12.4. The van der Waals surface area contributed by atoms with E-state index in [0.29, 0.717) is 45.2 Å². The molecule has 0 aliphatic heterocycles. The van der Waals surface area contributed by atoms with Crippen molar-refractivity contribution < 1.29 is 4.39 Å². The third-order valence-electron chi connectivity index (χ3n) is 5.74. The van der Waals surface area contributed by atoms with E-state index in [0.717, 1.165) is 5.56 Å². The van der Waals surface area contributed by atoms with Gasteiger partial charge in [-0.3, -0.25) is 9.36 Å². The van der Waals surface area contributed by atoms with Crippen LogP contribution in [0.4, 0.5) is 10.2 Å². The van der Waals surface area contributed by atoms with Crippen LogP contribution in [0.15, 0.2) is 59.9 Å². The highest BCUT2D eigenvalue weighted by atomic mass is 35.5. The first-order valence-corrected chi connectivity index (χ1v) is 10.9. The van der Waals surface area contributed by atoms with Gasteiger partial charge in [0.15, 0.2) is 11.5 Å². The van der Waals surface area contributed by atoms with Crippen molar-refractivity contribution in [3.8, 4) is 5.69 Å². The average Bonchev–Trinajstić information content (AvgIpc) is 3.29. The Labute approximate surface area is 193 Å². The molecule has 0 bridgehead atoms. The van der Waals surface area contributed by atoms with E-state index < -0.39 is 11.4 Å². The predicted molar refractivity (Wildman–Crippen MR) is 128 cm³/mol. The first-order valence-electron chi connectivity index (χ1n) is 10.5. The second-order valence-electron chi connectivity index (χ2n) is 7.78. The SMILES string of the molecule is CCC(Nc1ncnc2nc[nH]c12)c1cc2cccc(F)c2c(=O)n1-c1ccc(C)c(Cl)c1. The Bertz CT molecular complexity index is 1560. The molecule has 1 atom stereocenters. The zero-order chi connectivity index (χ0) is 23.1. The molecule has 33 heavy (non-hydrogen) atoms. The van der Waals surface area contributed by atoms with Crippen molar-refractivity contribution in [3.63, 3.8) is 0 Å². The molecule has 0 radical (unpaired) electrons. The van der Waals surface area contributed by atoms with E-state index in [2.05, 4.69) is 25.3 Å². The lowest BCUT2D eigenvalue weighted by Crippen LogP contribution is -2.27. The van der Waals surface area contributed by atoms with Crippen molar-refractivity contribution in [2.45, 2.75) is 26.3 Å². The molecule has 5 rings (SSSR count). The number of hydrogen-bond acceptors (Lipinski definition) is 5. The van der Waals surface area contributed by atoms with Crippen LogP contribution in [0.2, 0.25) is 5.02 Å². The van der Waals surface area contributed by atoms with Gasteiger partial charge in [0.1, 0.15) is 17.7 Å². The van der Waals surface area contributed by atoms with Gasteiger partial charge < -0.3 is 10.3 Å². The summed E-state index contributed by atoms with van der Waals surface area (Å²) in [7, 11) is 0. The van der Waals surface area contributed by atoms with Gasteiger partial charge in [-0.05, 0) is 48.6 Å². The molecule has 0 spiro atoms. The van der Waals surface area contributed by atoms with E-state index in [4.69, 9.17) is 11.6 Å². The van der Waals surface area contributed by atoms with Gasteiger partial charge in [0.25, 0.3) is 5.56 Å². The molecule has 0 aliphatic carbocycles. The van der Waals surface area contributed by atoms with Gasteiger partial charge in [0.05, 0.1) is 23.4 Å². The van der Waals surface area contributed by atoms with Crippen molar-refractivity contribution in [2.75, 3.05) is 5.32 Å². The van der Waals surface area contributed by atoms with Crippen LogP contribution in [0.5, 0.6) is 0 Å². The first kappa shape index (κ1) is 21.1. The van der Waals surface area contributed by atoms with Gasteiger partial charge in [-0.15, -0.1) is 0 Å². The Kier molecular flexibility index (Phi) is 5.30. The molecule has 2 N–H and O–H groups in total. The Morgan fingerprint density at radius 3 is 2.82 bits per heavy atom. The number of halogens is 2. The van der Waals surface area contributed by atoms with Crippen molar-refractivity contribution in [1.29, 1.82) is 0 Å². The van der Waals surface area contributed by atoms with Crippen molar-refractivity contribution in [2.24, 2.45) is 0 Å². The molecule has 0 fully saturated rings. The summed E-state index contributed by atoms with van der Waals surface area (Å²) < 4.78 is 16.2. The molecule has 166 valence electrons. The summed E-state index contributed by atoms with van der Waals surface area (Å²) >= 11 is 6.38. The lowest BCUT2D eigenvalue weighted by Gasteiger charge is -2.24. The predicted octanol–water partition coefficient (Wildman–Crippen LogP) is 5.32. The fraction of sp³-hybridized carbons (Fsp3) is 0.167. The molecule has 5 aromatic rings. The fourth-order valence-corrected chi connectivity index (χ4v) is 4.18. The third kappa shape index (κ3) is 3.62. The molecule has 3 aromatic heterocycles. The number of nitrogens with zero attached hydrogens (tertiary/aromatic N) is 4. The highest BCUT2D eigenvalue weighted by Crippen LogP contribution is 2.29. The minimum atomic E-state index is -0.563. The molecule has 9 heteroatoms. The standard InChI is InChI=1S/C24H20ClFN6O/c1-3-18(31-23-21-22(28-11-27-21)29-12-30-23)19-9-14-5-4-6-17(26)20(14)24(33)32(19)15-8-7-13(2)16(25)10-15/h4-12,18H,3H2,1-2H3,(H2,27,28,29,30,31). The van der Waals surface area contributed by atoms with Crippen molar-refractivity contribution in [3.05, 3.63) is 87.6 Å². The summed E-state index contributed by atoms with van der Waals surface area (Å²) in [5.74, 6) is -0.00314. The number of aromatic nitrogens is 5. The van der Waals surface area contributed by atoms with E-state index in [-0.39, 0.29) is 11.4 Å². The minimum absolute atomic E-state index is 0.0331. The zero-order valence-corrected chi connectivity index (χ0v) is 18.7. The summed E-state index contributed by atoms with van der Waals surface area (Å²) in [5.41, 5.74) is 2.85. The van der Waals surface area contributed by atoms with Crippen LogP contribution in [-0.4, -0.2) is 24.5 Å². The average molecular weight is 463 g/mol. The number of pyridine rings is 1. The van der Waals surface area contributed by atoms with Crippen molar-refractivity contribution >= 4 is 39.4 Å². The number of rotatable bonds is 5. The molecule has 3 heterocycles. The first-order chi connectivity index (χ1) is 16.0. The molecule has 0 aliphatic rings. The van der Waals surface area contributed by atoms with Crippen molar-refractivity contribution in [1.82, 2.24) is 24.5 Å². The minimum Gasteiger partial charge on any atom is -0.360 e. The number of anilines is 1. The molecule has 0 saturated carbocycles. The lowest BCUT2D eigenvalue weighted by atomic mass is 10.0. The maximum absolute atomic E-state index is 14.7.